The van der Waals surface area contributed by atoms with E-state index < -0.39 is 0 Å². The number of guanidine groups is 1. The lowest BCUT2D eigenvalue weighted by atomic mass is 10.2. The molecule has 0 unspecified atom stereocenters. The number of nitrogens with zero attached hydrogens (tertiary/aromatic N) is 5. The van der Waals surface area contributed by atoms with E-state index >= 15 is 0 Å². The Kier molecular flexibility index (Phi) is 9.21. The molecule has 0 bridgehead atoms. The zero-order valence-electron chi connectivity index (χ0n) is 16.8. The molecule has 2 aromatic rings. The minimum atomic E-state index is 0. The predicted octanol–water partition coefficient (Wildman–Crippen LogP) is 2.77. The Balaban J connectivity index is 0.00000300. The van der Waals surface area contributed by atoms with Crippen LogP contribution in [0.4, 0.5) is 5.95 Å². The van der Waals surface area contributed by atoms with Gasteiger partial charge in [-0.2, -0.15) is 4.98 Å². The summed E-state index contributed by atoms with van der Waals surface area (Å²) in [6.07, 6.45) is 1.72. The first kappa shape index (κ1) is 23.5. The summed E-state index contributed by atoms with van der Waals surface area (Å²) in [6, 6.07) is 8.02. The third-order valence-electron chi connectivity index (χ3n) is 4.55. The van der Waals surface area contributed by atoms with Crippen molar-refractivity contribution < 1.29 is 9.47 Å². The molecule has 3 rings (SSSR count). The SMILES string of the molecule is CN=C(NCc1cccc(OC)c1)N1CCN(c2ncc(Br)c(OC)n2)CC1.I. The zero-order valence-corrected chi connectivity index (χ0v) is 20.7. The Hall–Kier alpha value is -1.82. The topological polar surface area (TPSA) is 75.1 Å². The van der Waals surface area contributed by atoms with Crippen LogP contribution >= 0.6 is 39.9 Å². The summed E-state index contributed by atoms with van der Waals surface area (Å²) >= 11 is 3.39. The number of benzene rings is 1. The highest BCUT2D eigenvalue weighted by atomic mass is 127. The molecular formula is C19H26BrIN6O2. The van der Waals surface area contributed by atoms with E-state index in [1.54, 1.807) is 20.4 Å². The first-order valence-electron chi connectivity index (χ1n) is 9.04. The zero-order chi connectivity index (χ0) is 19.9. The molecule has 0 atom stereocenters. The van der Waals surface area contributed by atoms with Crippen molar-refractivity contribution in [1.29, 1.82) is 0 Å². The van der Waals surface area contributed by atoms with Gasteiger partial charge in [-0.05, 0) is 33.6 Å². The molecule has 1 N–H and O–H groups in total. The molecule has 29 heavy (non-hydrogen) atoms. The lowest BCUT2D eigenvalue weighted by Crippen LogP contribution is -2.52. The fraction of sp³-hybridized carbons (Fsp3) is 0.421. The number of anilines is 1. The van der Waals surface area contributed by atoms with Gasteiger partial charge in [0.15, 0.2) is 5.96 Å². The van der Waals surface area contributed by atoms with Crippen LogP contribution in [0.3, 0.4) is 0 Å². The number of methoxy groups -OCH3 is 2. The van der Waals surface area contributed by atoms with Crippen molar-refractivity contribution in [2.24, 2.45) is 4.99 Å². The molecule has 0 amide bonds. The summed E-state index contributed by atoms with van der Waals surface area (Å²) in [5.41, 5.74) is 1.15. The van der Waals surface area contributed by atoms with Crippen LogP contribution in [-0.4, -0.2) is 68.3 Å². The van der Waals surface area contributed by atoms with Crippen LogP contribution in [0, 0.1) is 0 Å². The number of aliphatic imine (C=N–C) groups is 1. The van der Waals surface area contributed by atoms with Crippen molar-refractivity contribution >= 4 is 51.8 Å². The molecule has 158 valence electrons. The van der Waals surface area contributed by atoms with E-state index in [0.29, 0.717) is 18.4 Å². The van der Waals surface area contributed by atoms with Gasteiger partial charge in [0, 0.05) is 39.8 Å². The van der Waals surface area contributed by atoms with Crippen LogP contribution in [0.1, 0.15) is 5.56 Å². The Morgan fingerprint density at radius 1 is 1.21 bits per heavy atom. The summed E-state index contributed by atoms with van der Waals surface area (Å²) in [5, 5.41) is 3.43. The Morgan fingerprint density at radius 3 is 2.62 bits per heavy atom. The van der Waals surface area contributed by atoms with E-state index in [1.165, 1.54) is 0 Å². The molecule has 8 nitrogen and oxygen atoms in total. The second kappa shape index (κ2) is 11.4. The third-order valence-corrected chi connectivity index (χ3v) is 5.10. The van der Waals surface area contributed by atoms with E-state index in [4.69, 9.17) is 9.47 Å². The molecule has 2 heterocycles. The minimum Gasteiger partial charge on any atom is -0.497 e. The molecule has 1 aromatic heterocycles. The number of aromatic nitrogens is 2. The number of hydrogen-bond acceptors (Lipinski definition) is 6. The fourth-order valence-corrected chi connectivity index (χ4v) is 3.41. The monoisotopic (exact) mass is 576 g/mol. The van der Waals surface area contributed by atoms with E-state index in [-0.39, 0.29) is 24.0 Å². The van der Waals surface area contributed by atoms with Gasteiger partial charge in [0.05, 0.1) is 24.9 Å². The summed E-state index contributed by atoms with van der Waals surface area (Å²) in [5.74, 6) is 2.96. The highest BCUT2D eigenvalue weighted by molar-refractivity contribution is 14.0. The van der Waals surface area contributed by atoms with Gasteiger partial charge in [-0.15, -0.1) is 24.0 Å². The van der Waals surface area contributed by atoms with Gasteiger partial charge >= 0.3 is 0 Å². The van der Waals surface area contributed by atoms with Crippen LogP contribution < -0.4 is 19.7 Å². The predicted molar refractivity (Wildman–Crippen MR) is 129 cm³/mol. The smallest absolute Gasteiger partial charge is 0.232 e. The maximum Gasteiger partial charge on any atom is 0.232 e. The van der Waals surface area contributed by atoms with Gasteiger partial charge in [-0.3, -0.25) is 4.99 Å². The summed E-state index contributed by atoms with van der Waals surface area (Å²) in [4.78, 5) is 17.7. The highest BCUT2D eigenvalue weighted by Crippen LogP contribution is 2.24. The van der Waals surface area contributed by atoms with Crippen molar-refractivity contribution in [1.82, 2.24) is 20.2 Å². The second-order valence-electron chi connectivity index (χ2n) is 6.25. The molecule has 0 saturated carbocycles. The number of nitrogens with one attached hydrogen (secondary N) is 1. The standard InChI is InChI=1S/C19H25BrN6O2.HI/c1-21-18(22-12-14-5-4-6-15(11-14)27-2)25-7-9-26(10-8-25)19-23-13-16(20)17(24-19)28-3;/h4-6,11,13H,7-10,12H2,1-3H3,(H,21,22);1H. The molecule has 0 spiro atoms. The summed E-state index contributed by atoms with van der Waals surface area (Å²) < 4.78 is 11.3. The lowest BCUT2D eigenvalue weighted by Gasteiger charge is -2.36. The number of rotatable bonds is 5. The van der Waals surface area contributed by atoms with E-state index in [2.05, 4.69) is 52.1 Å². The minimum absolute atomic E-state index is 0. The molecule has 1 aromatic carbocycles. The van der Waals surface area contributed by atoms with Crippen LogP contribution in [0.15, 0.2) is 39.9 Å². The molecule has 1 saturated heterocycles. The van der Waals surface area contributed by atoms with Crippen molar-refractivity contribution in [3.8, 4) is 11.6 Å². The van der Waals surface area contributed by atoms with E-state index in [1.807, 2.05) is 25.2 Å². The third kappa shape index (κ3) is 6.08. The van der Waals surface area contributed by atoms with Crippen LogP contribution in [0.5, 0.6) is 11.6 Å². The van der Waals surface area contributed by atoms with Crippen molar-refractivity contribution in [3.63, 3.8) is 0 Å². The first-order chi connectivity index (χ1) is 13.6. The molecule has 1 aliphatic heterocycles. The van der Waals surface area contributed by atoms with Crippen LogP contribution in [-0.2, 0) is 6.54 Å². The quantitative estimate of drug-likeness (QED) is 0.333. The molecule has 1 aliphatic rings. The number of halogens is 2. The van der Waals surface area contributed by atoms with Gasteiger partial charge in [0.25, 0.3) is 0 Å². The van der Waals surface area contributed by atoms with Crippen molar-refractivity contribution in [2.45, 2.75) is 6.54 Å². The average molecular weight is 577 g/mol. The molecular weight excluding hydrogens is 551 g/mol. The van der Waals surface area contributed by atoms with Crippen LogP contribution in [0.2, 0.25) is 0 Å². The van der Waals surface area contributed by atoms with E-state index in [0.717, 1.165) is 47.9 Å². The fourth-order valence-electron chi connectivity index (χ4n) is 3.05. The summed E-state index contributed by atoms with van der Waals surface area (Å²) in [7, 11) is 5.09. The number of hydrogen-bond donors (Lipinski definition) is 1. The normalized spacial score (nSPS) is 14.3. The summed E-state index contributed by atoms with van der Waals surface area (Å²) in [6.45, 7) is 3.98. The average Bonchev–Trinajstić information content (AvgIpc) is 2.75. The molecule has 0 aliphatic carbocycles. The number of piperazine rings is 1. The Bertz CT molecular complexity index is 830. The van der Waals surface area contributed by atoms with Crippen molar-refractivity contribution in [3.05, 3.63) is 40.5 Å². The van der Waals surface area contributed by atoms with Gasteiger partial charge in [0.1, 0.15) is 5.75 Å². The largest absolute Gasteiger partial charge is 0.497 e. The van der Waals surface area contributed by atoms with Gasteiger partial charge < -0.3 is 24.6 Å². The Labute approximate surface area is 196 Å². The highest BCUT2D eigenvalue weighted by Gasteiger charge is 2.22. The Morgan fingerprint density at radius 2 is 1.97 bits per heavy atom. The van der Waals surface area contributed by atoms with Gasteiger partial charge in [0.2, 0.25) is 11.8 Å². The van der Waals surface area contributed by atoms with E-state index in [9.17, 15) is 0 Å². The molecule has 10 heteroatoms. The lowest BCUT2D eigenvalue weighted by molar-refractivity contribution is 0.366. The van der Waals surface area contributed by atoms with Crippen LogP contribution in [0.25, 0.3) is 0 Å². The maximum atomic E-state index is 5.28. The molecule has 0 radical (unpaired) electrons. The first-order valence-corrected chi connectivity index (χ1v) is 9.84. The molecule has 1 fully saturated rings. The maximum absolute atomic E-state index is 5.28. The second-order valence-corrected chi connectivity index (χ2v) is 7.11. The van der Waals surface area contributed by atoms with Gasteiger partial charge in [-0.25, -0.2) is 4.98 Å². The van der Waals surface area contributed by atoms with Crippen molar-refractivity contribution in [2.75, 3.05) is 52.3 Å². The number of ether oxygens (including phenoxy) is 2. The van der Waals surface area contributed by atoms with Gasteiger partial charge in [-0.1, -0.05) is 12.1 Å².